The normalized spacial score (nSPS) is 16.0. The first-order chi connectivity index (χ1) is 8.19. The van der Waals surface area contributed by atoms with Gasteiger partial charge in [0.05, 0.1) is 6.10 Å². The van der Waals surface area contributed by atoms with Crippen LogP contribution < -0.4 is 10.6 Å². The Kier molecular flexibility index (Phi) is 4.06. The summed E-state index contributed by atoms with van der Waals surface area (Å²) in [5.41, 5.74) is 5.76. The third kappa shape index (κ3) is 3.23. The average Bonchev–Trinajstić information content (AvgIpc) is 2.24. The van der Waals surface area contributed by atoms with Gasteiger partial charge in [-0.3, -0.25) is 0 Å². The maximum Gasteiger partial charge on any atom is 0.191 e. The summed E-state index contributed by atoms with van der Waals surface area (Å²) in [6, 6.07) is 1.76. The SMILES string of the molecule is CCCCSc1nc(N)cc(N2CC(O)C2)n1. The van der Waals surface area contributed by atoms with Crippen molar-refractivity contribution in [3.05, 3.63) is 6.07 Å². The van der Waals surface area contributed by atoms with Gasteiger partial charge in [-0.05, 0) is 6.42 Å². The summed E-state index contributed by atoms with van der Waals surface area (Å²) in [6.45, 7) is 3.43. The van der Waals surface area contributed by atoms with Gasteiger partial charge in [0, 0.05) is 24.9 Å². The third-order valence-electron chi connectivity index (χ3n) is 2.63. The van der Waals surface area contributed by atoms with Crippen LogP contribution in [0, 0.1) is 0 Å². The van der Waals surface area contributed by atoms with Crippen molar-refractivity contribution in [2.75, 3.05) is 29.5 Å². The van der Waals surface area contributed by atoms with E-state index in [2.05, 4.69) is 16.9 Å². The summed E-state index contributed by atoms with van der Waals surface area (Å²) in [7, 11) is 0. The third-order valence-corrected chi connectivity index (χ3v) is 3.56. The van der Waals surface area contributed by atoms with E-state index in [4.69, 9.17) is 5.73 Å². The summed E-state index contributed by atoms with van der Waals surface area (Å²) in [4.78, 5) is 10.7. The summed E-state index contributed by atoms with van der Waals surface area (Å²) in [5, 5.41) is 10.0. The molecular formula is C11H18N4OS. The van der Waals surface area contributed by atoms with E-state index in [1.165, 1.54) is 6.42 Å². The minimum Gasteiger partial charge on any atom is -0.389 e. The molecule has 0 atom stereocenters. The maximum atomic E-state index is 9.27. The number of β-amino-alcohol motifs (C(OH)–C–C–N with tert-alkyl or cyclic N) is 1. The van der Waals surface area contributed by atoms with Crippen molar-refractivity contribution >= 4 is 23.4 Å². The second kappa shape index (κ2) is 5.55. The lowest BCUT2D eigenvalue weighted by atomic mass is 10.2. The lowest BCUT2D eigenvalue weighted by Crippen LogP contribution is -2.51. The second-order valence-corrected chi connectivity index (χ2v) is 5.26. The Morgan fingerprint density at radius 2 is 2.29 bits per heavy atom. The molecule has 0 unspecified atom stereocenters. The highest BCUT2D eigenvalue weighted by molar-refractivity contribution is 7.99. The lowest BCUT2D eigenvalue weighted by Gasteiger charge is -2.36. The zero-order valence-corrected chi connectivity index (χ0v) is 10.8. The maximum absolute atomic E-state index is 9.27. The van der Waals surface area contributed by atoms with E-state index in [1.807, 2.05) is 4.90 Å². The number of hydrogen-bond donors (Lipinski definition) is 2. The molecule has 0 spiro atoms. The fourth-order valence-corrected chi connectivity index (χ4v) is 2.55. The number of anilines is 2. The zero-order chi connectivity index (χ0) is 12.3. The first-order valence-electron chi connectivity index (χ1n) is 5.89. The monoisotopic (exact) mass is 254 g/mol. The van der Waals surface area contributed by atoms with Crippen molar-refractivity contribution in [3.8, 4) is 0 Å². The Morgan fingerprint density at radius 1 is 1.53 bits per heavy atom. The van der Waals surface area contributed by atoms with Gasteiger partial charge in [-0.1, -0.05) is 25.1 Å². The van der Waals surface area contributed by atoms with Crippen LogP contribution in [0.5, 0.6) is 0 Å². The van der Waals surface area contributed by atoms with Crippen molar-refractivity contribution in [2.24, 2.45) is 0 Å². The molecule has 1 aromatic rings. The Morgan fingerprint density at radius 3 is 2.94 bits per heavy atom. The van der Waals surface area contributed by atoms with Gasteiger partial charge in [0.25, 0.3) is 0 Å². The highest BCUT2D eigenvalue weighted by Crippen LogP contribution is 2.24. The predicted octanol–water partition coefficient (Wildman–Crippen LogP) is 1.13. The van der Waals surface area contributed by atoms with Gasteiger partial charge in [0.1, 0.15) is 11.6 Å². The molecule has 1 aliphatic heterocycles. The van der Waals surface area contributed by atoms with E-state index in [1.54, 1.807) is 17.8 Å². The molecule has 5 nitrogen and oxygen atoms in total. The van der Waals surface area contributed by atoms with Gasteiger partial charge >= 0.3 is 0 Å². The summed E-state index contributed by atoms with van der Waals surface area (Å²) in [5.74, 6) is 2.33. The van der Waals surface area contributed by atoms with Crippen LogP contribution in [0.2, 0.25) is 0 Å². The highest BCUT2D eigenvalue weighted by Gasteiger charge is 2.26. The highest BCUT2D eigenvalue weighted by atomic mass is 32.2. The van der Waals surface area contributed by atoms with E-state index < -0.39 is 0 Å². The molecule has 94 valence electrons. The van der Waals surface area contributed by atoms with E-state index in [9.17, 15) is 5.11 Å². The number of aliphatic hydroxyl groups excluding tert-OH is 1. The molecule has 0 saturated carbocycles. The molecule has 0 amide bonds. The fraction of sp³-hybridized carbons (Fsp3) is 0.636. The number of aliphatic hydroxyl groups is 1. The van der Waals surface area contributed by atoms with Crippen LogP contribution in [0.15, 0.2) is 11.2 Å². The fourth-order valence-electron chi connectivity index (χ4n) is 1.61. The number of unbranched alkanes of at least 4 members (excludes halogenated alkanes) is 1. The summed E-state index contributed by atoms with van der Waals surface area (Å²) >= 11 is 1.63. The number of aromatic nitrogens is 2. The van der Waals surface area contributed by atoms with Crippen LogP contribution in [-0.2, 0) is 0 Å². The number of hydrogen-bond acceptors (Lipinski definition) is 6. The molecule has 0 aromatic carbocycles. The van der Waals surface area contributed by atoms with Gasteiger partial charge in [-0.2, -0.15) is 0 Å². The zero-order valence-electron chi connectivity index (χ0n) is 9.96. The molecule has 17 heavy (non-hydrogen) atoms. The summed E-state index contributed by atoms with van der Waals surface area (Å²) in [6.07, 6.45) is 2.09. The second-order valence-electron chi connectivity index (χ2n) is 4.19. The minimum absolute atomic E-state index is 0.234. The first kappa shape index (κ1) is 12.4. The van der Waals surface area contributed by atoms with Gasteiger partial charge < -0.3 is 15.7 Å². The topological polar surface area (TPSA) is 75.3 Å². The van der Waals surface area contributed by atoms with Crippen molar-refractivity contribution in [2.45, 2.75) is 31.0 Å². The van der Waals surface area contributed by atoms with Crippen LogP contribution in [-0.4, -0.2) is 40.0 Å². The Balaban J connectivity index is 2.01. The molecule has 1 aliphatic rings. The molecule has 1 fully saturated rings. The van der Waals surface area contributed by atoms with Crippen molar-refractivity contribution in [1.82, 2.24) is 9.97 Å². The van der Waals surface area contributed by atoms with Crippen molar-refractivity contribution < 1.29 is 5.11 Å². The van der Waals surface area contributed by atoms with Crippen LogP contribution in [0.25, 0.3) is 0 Å². The smallest absolute Gasteiger partial charge is 0.191 e. The molecule has 3 N–H and O–H groups in total. The van der Waals surface area contributed by atoms with E-state index in [-0.39, 0.29) is 6.10 Å². The molecular weight excluding hydrogens is 236 g/mol. The standard InChI is InChI=1S/C11H18N4OS/c1-2-3-4-17-11-13-9(12)5-10(14-11)15-6-8(16)7-15/h5,8,16H,2-4,6-7H2,1H3,(H2,12,13,14). The number of thioether (sulfide) groups is 1. The number of nitrogens with zero attached hydrogens (tertiary/aromatic N) is 3. The number of nitrogens with two attached hydrogens (primary N) is 1. The van der Waals surface area contributed by atoms with E-state index >= 15 is 0 Å². The van der Waals surface area contributed by atoms with Gasteiger partial charge in [0.2, 0.25) is 0 Å². The number of rotatable bonds is 5. The molecule has 6 heteroatoms. The number of nitrogen functional groups attached to an aromatic ring is 1. The predicted molar refractivity (Wildman–Crippen MR) is 70.3 cm³/mol. The van der Waals surface area contributed by atoms with Crippen molar-refractivity contribution in [1.29, 1.82) is 0 Å². The molecule has 0 aliphatic carbocycles. The molecule has 2 rings (SSSR count). The molecule has 0 radical (unpaired) electrons. The van der Waals surface area contributed by atoms with Gasteiger partial charge in [-0.25, -0.2) is 9.97 Å². The molecule has 1 saturated heterocycles. The Labute approximate surface area is 105 Å². The van der Waals surface area contributed by atoms with Crippen molar-refractivity contribution in [3.63, 3.8) is 0 Å². The minimum atomic E-state index is -0.234. The van der Waals surface area contributed by atoms with E-state index in [0.717, 1.165) is 23.1 Å². The first-order valence-corrected chi connectivity index (χ1v) is 6.88. The average molecular weight is 254 g/mol. The largest absolute Gasteiger partial charge is 0.389 e. The molecule has 2 heterocycles. The quantitative estimate of drug-likeness (QED) is 0.466. The van der Waals surface area contributed by atoms with Gasteiger partial charge in [-0.15, -0.1) is 0 Å². The van der Waals surface area contributed by atoms with Crippen LogP contribution in [0.1, 0.15) is 19.8 Å². The Hall–Kier alpha value is -1.01. The molecule has 0 bridgehead atoms. The van der Waals surface area contributed by atoms with Crippen LogP contribution in [0.3, 0.4) is 0 Å². The van der Waals surface area contributed by atoms with Gasteiger partial charge in [0.15, 0.2) is 5.16 Å². The van der Waals surface area contributed by atoms with E-state index in [0.29, 0.717) is 18.9 Å². The van der Waals surface area contributed by atoms with Crippen LogP contribution in [0.4, 0.5) is 11.6 Å². The van der Waals surface area contributed by atoms with Crippen LogP contribution >= 0.6 is 11.8 Å². The lowest BCUT2D eigenvalue weighted by molar-refractivity contribution is 0.141. The molecule has 1 aromatic heterocycles. The Bertz CT molecular complexity index is 382. The summed E-state index contributed by atoms with van der Waals surface area (Å²) < 4.78 is 0.